The van der Waals surface area contributed by atoms with Gasteiger partial charge in [0.2, 0.25) is 0 Å². The second-order valence-corrected chi connectivity index (χ2v) is 9.46. The van der Waals surface area contributed by atoms with Gasteiger partial charge in [-0.2, -0.15) is 65.9 Å². The highest BCUT2D eigenvalue weighted by Gasteiger charge is 2.94. The zero-order valence-corrected chi connectivity index (χ0v) is 18.4. The van der Waals surface area contributed by atoms with Gasteiger partial charge in [0.05, 0.1) is 27.7 Å². The molecule has 1 N–H and O–H groups in total. The molecule has 0 aliphatic heterocycles. The summed E-state index contributed by atoms with van der Waals surface area (Å²) in [7, 11) is -2.69. The first-order valence-electron chi connectivity index (χ1n) is 8.09. The molecule has 0 radical (unpaired) electrons. The van der Waals surface area contributed by atoms with E-state index in [2.05, 4.69) is 0 Å². The molecule has 0 saturated carbocycles. The standard InChI is InChI=1S/C13H16F15N2O2S.ClH/c1-30(2,3)6-4-5-29-33(31,32)13(27,28)11(22,23)9(18,19)7(14,15)8(16,17)10(20,21)12(24,25)26;/h29H,4-6H2,1-3H3;1H/q+1;/p-1. The Kier molecular flexibility index (Phi) is 9.89. The number of sulfonamides is 1. The second-order valence-electron chi connectivity index (χ2n) is 7.65. The zero-order chi connectivity index (χ0) is 27.3. The minimum absolute atomic E-state index is 0. The van der Waals surface area contributed by atoms with Gasteiger partial charge in [-0.05, 0) is 0 Å². The van der Waals surface area contributed by atoms with E-state index < -0.39 is 64.0 Å². The van der Waals surface area contributed by atoms with Gasteiger partial charge in [0, 0.05) is 13.0 Å². The van der Waals surface area contributed by atoms with Crippen molar-refractivity contribution in [1.82, 2.24) is 4.72 Å². The van der Waals surface area contributed by atoms with Crippen LogP contribution in [0.1, 0.15) is 6.42 Å². The molecule has 0 aliphatic rings. The zero-order valence-electron chi connectivity index (χ0n) is 16.8. The van der Waals surface area contributed by atoms with Crippen LogP contribution in [-0.4, -0.2) is 88.2 Å². The molecule has 0 spiro atoms. The van der Waals surface area contributed by atoms with Gasteiger partial charge in [0.1, 0.15) is 0 Å². The van der Waals surface area contributed by atoms with Gasteiger partial charge in [-0.3, -0.25) is 0 Å². The predicted molar refractivity (Wildman–Crippen MR) is 80.2 cm³/mol. The Bertz CT molecular complexity index is 806. The van der Waals surface area contributed by atoms with Gasteiger partial charge >= 0.3 is 41.0 Å². The Hall–Kier alpha value is -0.890. The van der Waals surface area contributed by atoms with Gasteiger partial charge in [-0.15, -0.1) is 0 Å². The predicted octanol–water partition coefficient (Wildman–Crippen LogP) is 1.34. The van der Waals surface area contributed by atoms with Crippen molar-refractivity contribution in [1.29, 1.82) is 0 Å². The summed E-state index contributed by atoms with van der Waals surface area (Å²) < 4.78 is 219. The molecule has 0 aromatic carbocycles. The molecular formula is C13H16ClF15N2O2S. The van der Waals surface area contributed by atoms with Crippen molar-refractivity contribution >= 4 is 10.0 Å². The fraction of sp³-hybridized carbons (Fsp3) is 1.00. The molecule has 0 aliphatic carbocycles. The molecule has 0 fully saturated rings. The van der Waals surface area contributed by atoms with Gasteiger partial charge in [0.25, 0.3) is 10.0 Å². The highest BCUT2D eigenvalue weighted by Crippen LogP contribution is 2.62. The highest BCUT2D eigenvalue weighted by molar-refractivity contribution is 7.90. The van der Waals surface area contributed by atoms with Crippen molar-refractivity contribution in [2.75, 3.05) is 34.2 Å². The summed E-state index contributed by atoms with van der Waals surface area (Å²) in [4.78, 5) is 0. The van der Waals surface area contributed by atoms with E-state index in [9.17, 15) is 74.3 Å². The van der Waals surface area contributed by atoms with Crippen LogP contribution in [-0.2, 0) is 10.0 Å². The molecule has 0 bridgehead atoms. The van der Waals surface area contributed by atoms with E-state index in [0.29, 0.717) is 4.72 Å². The third kappa shape index (κ3) is 5.58. The number of hydrogen-bond donors (Lipinski definition) is 1. The van der Waals surface area contributed by atoms with Crippen LogP contribution in [0.2, 0.25) is 0 Å². The number of nitrogens with one attached hydrogen (secondary N) is 1. The lowest BCUT2D eigenvalue weighted by Gasteiger charge is -2.41. The van der Waals surface area contributed by atoms with E-state index in [4.69, 9.17) is 0 Å². The lowest BCUT2D eigenvalue weighted by Crippen LogP contribution is -3.00. The maximum Gasteiger partial charge on any atom is 0.460 e. The molecule has 0 amide bonds. The molecular weight excluding hydrogens is 569 g/mol. The number of alkyl halides is 15. The topological polar surface area (TPSA) is 46.2 Å². The molecule has 0 aromatic rings. The maximum absolute atomic E-state index is 13.7. The van der Waals surface area contributed by atoms with E-state index in [1.54, 1.807) is 0 Å². The smallest absolute Gasteiger partial charge is 0.460 e. The molecule has 0 rings (SSSR count). The SMILES string of the molecule is C[N+](C)(C)CCCNS(=O)(=O)C(F)(F)C(F)(F)C(F)(F)C(F)(F)C(F)(F)C(F)(F)C(F)(F)F.[Cl-]. The van der Waals surface area contributed by atoms with Gasteiger partial charge in [-0.1, -0.05) is 0 Å². The van der Waals surface area contributed by atoms with Crippen LogP contribution >= 0.6 is 0 Å². The molecule has 21 heteroatoms. The van der Waals surface area contributed by atoms with Crippen LogP contribution in [0.5, 0.6) is 0 Å². The molecule has 0 aromatic heterocycles. The van der Waals surface area contributed by atoms with E-state index in [1.165, 1.54) is 21.1 Å². The molecule has 0 heterocycles. The van der Waals surface area contributed by atoms with E-state index in [0.717, 1.165) is 0 Å². The van der Waals surface area contributed by atoms with Crippen LogP contribution in [0.3, 0.4) is 0 Å². The number of halogens is 16. The van der Waals surface area contributed by atoms with Crippen LogP contribution in [0.25, 0.3) is 0 Å². The number of rotatable bonds is 11. The Balaban J connectivity index is 0. The summed E-state index contributed by atoms with van der Waals surface area (Å²) >= 11 is 0. The third-order valence-electron chi connectivity index (χ3n) is 3.93. The van der Waals surface area contributed by atoms with Crippen molar-refractivity contribution in [3.63, 3.8) is 0 Å². The molecule has 0 saturated heterocycles. The average Bonchev–Trinajstić information content (AvgIpc) is 2.55. The fourth-order valence-corrected chi connectivity index (χ4v) is 3.03. The normalized spacial score (nSPS) is 15.8. The summed E-state index contributed by atoms with van der Waals surface area (Å²) in [5.74, 6) is -41.6. The molecule has 34 heavy (non-hydrogen) atoms. The van der Waals surface area contributed by atoms with Crippen molar-refractivity contribution in [2.45, 2.75) is 47.5 Å². The molecule has 4 nitrogen and oxygen atoms in total. The summed E-state index contributed by atoms with van der Waals surface area (Å²) in [6, 6.07) is 0. The van der Waals surface area contributed by atoms with E-state index in [1.807, 2.05) is 0 Å². The summed E-state index contributed by atoms with van der Waals surface area (Å²) in [6.07, 6.45) is -8.17. The van der Waals surface area contributed by atoms with E-state index in [-0.39, 0.29) is 23.4 Å². The largest absolute Gasteiger partial charge is 1.00 e. The third-order valence-corrected chi connectivity index (χ3v) is 5.45. The Labute approximate surface area is 188 Å². The van der Waals surface area contributed by atoms with Crippen LogP contribution in [0.4, 0.5) is 65.9 Å². The molecule has 0 atom stereocenters. The van der Waals surface area contributed by atoms with Crippen molar-refractivity contribution in [2.24, 2.45) is 0 Å². The lowest BCUT2D eigenvalue weighted by atomic mass is 9.94. The molecule has 208 valence electrons. The molecule has 0 unspecified atom stereocenters. The van der Waals surface area contributed by atoms with Crippen molar-refractivity contribution in [3.8, 4) is 0 Å². The fourth-order valence-electron chi connectivity index (χ4n) is 1.97. The Morgan fingerprint density at radius 3 is 1.26 bits per heavy atom. The van der Waals surface area contributed by atoms with Gasteiger partial charge < -0.3 is 16.9 Å². The average molecular weight is 585 g/mol. The highest BCUT2D eigenvalue weighted by atomic mass is 35.5. The second kappa shape index (κ2) is 9.53. The monoisotopic (exact) mass is 584 g/mol. The van der Waals surface area contributed by atoms with Crippen LogP contribution in [0.15, 0.2) is 0 Å². The number of nitrogens with zero attached hydrogens (tertiary/aromatic N) is 1. The van der Waals surface area contributed by atoms with Crippen LogP contribution < -0.4 is 17.1 Å². The minimum atomic E-state index is -8.54. The van der Waals surface area contributed by atoms with Crippen molar-refractivity contribution in [3.05, 3.63) is 0 Å². The maximum atomic E-state index is 13.7. The lowest BCUT2D eigenvalue weighted by molar-refractivity contribution is -0.870. The van der Waals surface area contributed by atoms with E-state index >= 15 is 0 Å². The first-order valence-corrected chi connectivity index (χ1v) is 9.57. The van der Waals surface area contributed by atoms with Crippen molar-refractivity contribution < 1.29 is 91.2 Å². The quantitative estimate of drug-likeness (QED) is 0.227. The first-order chi connectivity index (χ1) is 14.0. The summed E-state index contributed by atoms with van der Waals surface area (Å²) in [5, 5.41) is -7.38. The Morgan fingerprint density at radius 2 is 0.941 bits per heavy atom. The van der Waals surface area contributed by atoms with Crippen LogP contribution in [0, 0.1) is 0 Å². The minimum Gasteiger partial charge on any atom is -1.00 e. The first kappa shape index (κ1) is 35.3. The van der Waals surface area contributed by atoms with Gasteiger partial charge in [0.15, 0.2) is 0 Å². The summed E-state index contributed by atoms with van der Waals surface area (Å²) in [6.45, 7) is -1.24. The Morgan fingerprint density at radius 1 is 0.618 bits per heavy atom. The number of hydrogen-bond acceptors (Lipinski definition) is 2. The van der Waals surface area contributed by atoms with Gasteiger partial charge in [-0.25, -0.2) is 13.1 Å². The number of quaternary nitrogens is 1. The summed E-state index contributed by atoms with van der Waals surface area (Å²) in [5.41, 5.74) is 0.